The van der Waals surface area contributed by atoms with E-state index in [0.717, 1.165) is 35.2 Å². The van der Waals surface area contributed by atoms with E-state index < -0.39 is 11.7 Å². The number of thiophene rings is 1. The Morgan fingerprint density at radius 2 is 1.83 bits per heavy atom. The monoisotopic (exact) mass is 539 g/mol. The molecule has 182 valence electrons. The van der Waals surface area contributed by atoms with Crippen LogP contribution in [-0.4, -0.2) is 33.4 Å². The maximum Gasteiger partial charge on any atom is 0.416 e. The first kappa shape index (κ1) is 25.1. The van der Waals surface area contributed by atoms with Crippen molar-refractivity contribution in [3.05, 3.63) is 81.3 Å². The zero-order valence-electron chi connectivity index (χ0n) is 18.1. The molecule has 0 spiro atoms. The standard InChI is InChI=1S/C23H17ClF3N3O3S2/c1-32-16-5-7-17(8-6-16)33-12-21-28-29-22(34-13-18(31)19-9-10-20(24)35-19)30(21)15-4-2-3-14(11-15)23(25,26)27/h2-11H,12-13H2,1H3. The molecule has 0 aliphatic carbocycles. The van der Waals surface area contributed by atoms with E-state index in [4.69, 9.17) is 21.1 Å². The topological polar surface area (TPSA) is 66.2 Å². The number of rotatable bonds is 9. The molecular weight excluding hydrogens is 523 g/mol. The molecule has 6 nitrogen and oxygen atoms in total. The summed E-state index contributed by atoms with van der Waals surface area (Å²) in [5.74, 6) is 1.27. The van der Waals surface area contributed by atoms with Crippen LogP contribution >= 0.6 is 34.7 Å². The number of hydrogen-bond donors (Lipinski definition) is 0. The second kappa shape index (κ2) is 10.7. The molecule has 0 radical (unpaired) electrons. The lowest BCUT2D eigenvalue weighted by molar-refractivity contribution is -0.137. The number of benzene rings is 2. The number of ketones is 1. The number of nitrogens with zero attached hydrogens (tertiary/aromatic N) is 3. The lowest BCUT2D eigenvalue weighted by atomic mass is 10.2. The molecule has 0 N–H and O–H groups in total. The van der Waals surface area contributed by atoms with Gasteiger partial charge in [-0.2, -0.15) is 13.2 Å². The summed E-state index contributed by atoms with van der Waals surface area (Å²) in [5.41, 5.74) is -0.613. The number of hydrogen-bond acceptors (Lipinski definition) is 7. The fourth-order valence-corrected chi connectivity index (χ4v) is 4.98. The van der Waals surface area contributed by atoms with Gasteiger partial charge in [0.15, 0.2) is 16.8 Å². The van der Waals surface area contributed by atoms with Gasteiger partial charge in [-0.3, -0.25) is 9.36 Å². The van der Waals surface area contributed by atoms with E-state index in [1.165, 1.54) is 16.7 Å². The number of aromatic nitrogens is 3. The predicted octanol–water partition coefficient (Wildman–Crippen LogP) is 6.56. The van der Waals surface area contributed by atoms with Gasteiger partial charge in [0.2, 0.25) is 0 Å². The molecule has 0 aliphatic heterocycles. The fraction of sp³-hybridized carbons (Fsp3) is 0.174. The first-order chi connectivity index (χ1) is 16.7. The molecule has 2 aromatic carbocycles. The van der Waals surface area contributed by atoms with Gasteiger partial charge in [-0.05, 0) is 54.6 Å². The first-order valence-electron chi connectivity index (χ1n) is 10.0. The van der Waals surface area contributed by atoms with Gasteiger partial charge in [-0.1, -0.05) is 29.4 Å². The van der Waals surface area contributed by atoms with Crippen LogP contribution in [0.5, 0.6) is 11.5 Å². The summed E-state index contributed by atoms with van der Waals surface area (Å²) >= 11 is 8.12. The zero-order chi connectivity index (χ0) is 25.0. The molecule has 0 amide bonds. The van der Waals surface area contributed by atoms with Gasteiger partial charge in [-0.15, -0.1) is 21.5 Å². The molecule has 4 aromatic rings. The molecule has 0 atom stereocenters. The van der Waals surface area contributed by atoms with Gasteiger partial charge >= 0.3 is 6.18 Å². The van der Waals surface area contributed by atoms with Crippen LogP contribution in [0.25, 0.3) is 5.69 Å². The number of methoxy groups -OCH3 is 1. The van der Waals surface area contributed by atoms with Gasteiger partial charge < -0.3 is 9.47 Å². The maximum atomic E-state index is 13.4. The minimum absolute atomic E-state index is 0.00722. The second-order valence-electron chi connectivity index (χ2n) is 7.06. The van der Waals surface area contributed by atoms with Crippen LogP contribution in [-0.2, 0) is 12.8 Å². The third-order valence-electron chi connectivity index (χ3n) is 4.74. The van der Waals surface area contributed by atoms with Crippen LogP contribution in [0.1, 0.15) is 21.1 Å². The van der Waals surface area contributed by atoms with E-state index >= 15 is 0 Å². The Morgan fingerprint density at radius 3 is 2.49 bits per heavy atom. The van der Waals surface area contributed by atoms with Crippen molar-refractivity contribution in [2.45, 2.75) is 17.9 Å². The number of carbonyl (C=O) groups is 1. The van der Waals surface area contributed by atoms with E-state index in [2.05, 4.69) is 10.2 Å². The van der Waals surface area contributed by atoms with Crippen molar-refractivity contribution >= 4 is 40.5 Å². The van der Waals surface area contributed by atoms with Gasteiger partial charge in [0, 0.05) is 0 Å². The minimum atomic E-state index is -4.52. The van der Waals surface area contributed by atoms with Crippen molar-refractivity contribution in [1.82, 2.24) is 14.8 Å². The summed E-state index contributed by atoms with van der Waals surface area (Å²) in [6, 6.07) is 14.9. The Hall–Kier alpha value is -3.02. The van der Waals surface area contributed by atoms with Crippen molar-refractivity contribution in [3.8, 4) is 17.2 Å². The molecular formula is C23H17ClF3N3O3S2. The van der Waals surface area contributed by atoms with E-state index in [0.29, 0.717) is 20.7 Å². The lowest BCUT2D eigenvalue weighted by Crippen LogP contribution is -2.10. The van der Waals surface area contributed by atoms with Gasteiger partial charge in [0.05, 0.1) is 33.3 Å². The third kappa shape index (κ3) is 6.16. The van der Waals surface area contributed by atoms with Crippen LogP contribution in [0.3, 0.4) is 0 Å². The fourth-order valence-electron chi connectivity index (χ4n) is 3.05. The van der Waals surface area contributed by atoms with Crippen LogP contribution in [0, 0.1) is 0 Å². The molecule has 0 saturated carbocycles. The largest absolute Gasteiger partial charge is 0.497 e. The SMILES string of the molecule is COc1ccc(OCc2nnc(SCC(=O)c3ccc(Cl)s3)n2-c2cccc(C(F)(F)F)c2)cc1. The smallest absolute Gasteiger partial charge is 0.416 e. The van der Waals surface area contributed by atoms with Gasteiger partial charge in [-0.25, -0.2) is 0 Å². The molecule has 35 heavy (non-hydrogen) atoms. The number of carbonyl (C=O) groups excluding carboxylic acids is 1. The Kier molecular flexibility index (Phi) is 7.68. The van der Waals surface area contributed by atoms with Crippen LogP contribution in [0.4, 0.5) is 13.2 Å². The van der Waals surface area contributed by atoms with Gasteiger partial charge in [0.1, 0.15) is 18.1 Å². The summed E-state index contributed by atoms with van der Waals surface area (Å²) in [5, 5.41) is 8.49. The summed E-state index contributed by atoms with van der Waals surface area (Å²) < 4.78 is 52.9. The quantitative estimate of drug-likeness (QED) is 0.177. The molecule has 4 rings (SSSR count). The number of alkyl halides is 3. The summed E-state index contributed by atoms with van der Waals surface area (Å²) in [6.07, 6.45) is -4.52. The molecule has 0 unspecified atom stereocenters. The zero-order valence-corrected chi connectivity index (χ0v) is 20.5. The van der Waals surface area contributed by atoms with E-state index in [1.807, 2.05) is 0 Å². The molecule has 2 aromatic heterocycles. The Bertz CT molecular complexity index is 1320. The van der Waals surface area contributed by atoms with E-state index in [1.54, 1.807) is 43.5 Å². The summed E-state index contributed by atoms with van der Waals surface area (Å²) in [7, 11) is 1.55. The Balaban J connectivity index is 1.61. The molecule has 0 saturated heterocycles. The molecule has 12 heteroatoms. The van der Waals surface area contributed by atoms with Crippen molar-refractivity contribution in [1.29, 1.82) is 0 Å². The van der Waals surface area contributed by atoms with Crippen molar-refractivity contribution in [2.24, 2.45) is 0 Å². The molecule has 2 heterocycles. The Labute approximate surface area is 211 Å². The average Bonchev–Trinajstić information content (AvgIpc) is 3.47. The summed E-state index contributed by atoms with van der Waals surface area (Å²) in [4.78, 5) is 13.0. The number of Topliss-reactive ketones (excluding diaryl/α,β-unsaturated/α-hetero) is 1. The molecule has 0 aliphatic rings. The van der Waals surface area contributed by atoms with Crippen molar-refractivity contribution in [3.63, 3.8) is 0 Å². The van der Waals surface area contributed by atoms with Crippen LogP contribution in [0.2, 0.25) is 4.34 Å². The number of thioether (sulfide) groups is 1. The third-order valence-corrected chi connectivity index (χ3v) is 6.94. The first-order valence-corrected chi connectivity index (χ1v) is 12.2. The van der Waals surface area contributed by atoms with E-state index in [-0.39, 0.29) is 34.8 Å². The second-order valence-corrected chi connectivity index (χ2v) is 9.72. The highest BCUT2D eigenvalue weighted by atomic mass is 35.5. The van der Waals surface area contributed by atoms with Crippen LogP contribution in [0.15, 0.2) is 65.8 Å². The summed E-state index contributed by atoms with van der Waals surface area (Å²) in [6.45, 7) is -0.0649. The van der Waals surface area contributed by atoms with Crippen LogP contribution < -0.4 is 9.47 Å². The predicted molar refractivity (Wildman–Crippen MR) is 128 cm³/mol. The highest BCUT2D eigenvalue weighted by molar-refractivity contribution is 7.99. The minimum Gasteiger partial charge on any atom is -0.497 e. The maximum absolute atomic E-state index is 13.4. The average molecular weight is 540 g/mol. The Morgan fingerprint density at radius 1 is 1.09 bits per heavy atom. The van der Waals surface area contributed by atoms with Crippen molar-refractivity contribution in [2.75, 3.05) is 12.9 Å². The van der Waals surface area contributed by atoms with Crippen molar-refractivity contribution < 1.29 is 27.4 Å². The molecule has 0 bridgehead atoms. The highest BCUT2D eigenvalue weighted by Crippen LogP contribution is 2.32. The van der Waals surface area contributed by atoms with Gasteiger partial charge in [0.25, 0.3) is 0 Å². The molecule has 0 fully saturated rings. The normalized spacial score (nSPS) is 11.5. The number of ether oxygens (including phenoxy) is 2. The lowest BCUT2D eigenvalue weighted by Gasteiger charge is -2.13. The highest BCUT2D eigenvalue weighted by Gasteiger charge is 2.31. The number of halogens is 4. The van der Waals surface area contributed by atoms with E-state index in [9.17, 15) is 18.0 Å².